The highest BCUT2D eigenvalue weighted by Crippen LogP contribution is 2.33. The Balaban J connectivity index is 1.99. The number of aliphatic hydroxyl groups is 1. The lowest BCUT2D eigenvalue weighted by Crippen LogP contribution is -2.12. The number of aliphatic hydroxyl groups excluding tert-OH is 1. The Kier molecular flexibility index (Phi) is 3.52. The summed E-state index contributed by atoms with van der Waals surface area (Å²) in [4.78, 5) is 2.19. The van der Waals surface area contributed by atoms with Gasteiger partial charge in [0.2, 0.25) is 0 Å². The summed E-state index contributed by atoms with van der Waals surface area (Å²) in [5, 5.41) is 10.4. The van der Waals surface area contributed by atoms with Gasteiger partial charge < -0.3 is 10.0 Å². The molecule has 0 radical (unpaired) electrons. The molecule has 1 unspecified atom stereocenters. The van der Waals surface area contributed by atoms with Gasteiger partial charge >= 0.3 is 0 Å². The molecule has 2 nitrogen and oxygen atoms in total. The molecule has 0 aromatic heterocycles. The van der Waals surface area contributed by atoms with Gasteiger partial charge in [-0.05, 0) is 45.6 Å². The molecule has 0 aliphatic carbocycles. The third-order valence-electron chi connectivity index (χ3n) is 3.82. The molecule has 1 N–H and O–H groups in total. The van der Waals surface area contributed by atoms with Crippen molar-refractivity contribution < 1.29 is 9.50 Å². The maximum absolute atomic E-state index is 14.1. The number of rotatable bonds is 2. The lowest BCUT2D eigenvalue weighted by Gasteiger charge is -2.16. The van der Waals surface area contributed by atoms with E-state index in [1.165, 1.54) is 11.3 Å². The van der Waals surface area contributed by atoms with E-state index in [0.717, 1.165) is 18.5 Å². The second kappa shape index (κ2) is 5.19. The Morgan fingerprint density at radius 2 is 2.10 bits per heavy atom. The Bertz CT molecular complexity index is 659. The molecule has 1 atom stereocenters. The van der Waals surface area contributed by atoms with Crippen LogP contribution in [0.1, 0.15) is 22.8 Å². The summed E-state index contributed by atoms with van der Waals surface area (Å²) in [7, 11) is 2.05. The van der Waals surface area contributed by atoms with E-state index in [9.17, 15) is 9.50 Å². The molecule has 0 spiro atoms. The predicted octanol–water partition coefficient (Wildman–Crippen LogP) is 3.66. The molecule has 0 saturated carbocycles. The quantitative estimate of drug-likeness (QED) is 0.905. The Labute approximate surface area is 126 Å². The molecule has 2 aromatic carbocycles. The molecule has 0 fully saturated rings. The van der Waals surface area contributed by atoms with Crippen LogP contribution in [0, 0.1) is 5.82 Å². The van der Waals surface area contributed by atoms with Crippen molar-refractivity contribution in [1.29, 1.82) is 0 Å². The van der Waals surface area contributed by atoms with Crippen LogP contribution in [0.3, 0.4) is 0 Å². The van der Waals surface area contributed by atoms with Crippen molar-refractivity contribution >= 4 is 21.6 Å². The van der Waals surface area contributed by atoms with Gasteiger partial charge in [0.15, 0.2) is 0 Å². The summed E-state index contributed by atoms with van der Waals surface area (Å²) in [5.74, 6) is -0.405. The van der Waals surface area contributed by atoms with E-state index in [1.54, 1.807) is 18.2 Å². The van der Waals surface area contributed by atoms with Gasteiger partial charge in [-0.1, -0.05) is 24.3 Å². The average molecular weight is 336 g/mol. The molecule has 0 saturated heterocycles. The van der Waals surface area contributed by atoms with Gasteiger partial charge in [0.05, 0.1) is 4.47 Å². The summed E-state index contributed by atoms with van der Waals surface area (Å²) < 4.78 is 14.4. The van der Waals surface area contributed by atoms with Crippen LogP contribution in [-0.2, 0) is 6.42 Å². The summed E-state index contributed by atoms with van der Waals surface area (Å²) >= 11 is 3.15. The highest BCUT2D eigenvalue weighted by atomic mass is 79.9. The fraction of sp³-hybridized carbons (Fsp3) is 0.250. The largest absolute Gasteiger partial charge is 0.384 e. The molecule has 4 heteroatoms. The number of anilines is 1. The van der Waals surface area contributed by atoms with Crippen LogP contribution in [0.15, 0.2) is 40.9 Å². The summed E-state index contributed by atoms with van der Waals surface area (Å²) in [6.45, 7) is 0.986. The molecule has 1 aliphatic heterocycles. The number of hydrogen-bond acceptors (Lipinski definition) is 2. The van der Waals surface area contributed by atoms with Gasteiger partial charge in [-0.3, -0.25) is 0 Å². The first kappa shape index (κ1) is 13.6. The van der Waals surface area contributed by atoms with E-state index in [4.69, 9.17) is 0 Å². The van der Waals surface area contributed by atoms with Crippen LogP contribution in [0.4, 0.5) is 10.1 Å². The summed E-state index contributed by atoms with van der Waals surface area (Å²) in [5.41, 5.74) is 3.43. The second-order valence-electron chi connectivity index (χ2n) is 5.11. The van der Waals surface area contributed by atoms with Crippen LogP contribution in [0.5, 0.6) is 0 Å². The Morgan fingerprint density at radius 3 is 2.90 bits per heavy atom. The first-order chi connectivity index (χ1) is 9.58. The lowest BCUT2D eigenvalue weighted by atomic mass is 9.98. The van der Waals surface area contributed by atoms with E-state index in [-0.39, 0.29) is 0 Å². The van der Waals surface area contributed by atoms with Crippen LogP contribution < -0.4 is 4.90 Å². The Morgan fingerprint density at radius 1 is 1.30 bits per heavy atom. The van der Waals surface area contributed by atoms with Crippen LogP contribution in [-0.4, -0.2) is 18.7 Å². The van der Waals surface area contributed by atoms with Gasteiger partial charge in [0.1, 0.15) is 11.9 Å². The van der Waals surface area contributed by atoms with E-state index in [1.807, 2.05) is 18.2 Å². The van der Waals surface area contributed by atoms with E-state index in [0.29, 0.717) is 10.0 Å². The number of hydrogen-bond donors (Lipinski definition) is 1. The lowest BCUT2D eigenvalue weighted by molar-refractivity contribution is 0.214. The number of fused-ring (bicyclic) bond motifs is 1. The summed E-state index contributed by atoms with van der Waals surface area (Å²) in [6, 6.07) is 10.8. The minimum absolute atomic E-state index is 0.297. The van der Waals surface area contributed by atoms with Crippen LogP contribution >= 0.6 is 15.9 Å². The number of likely N-dealkylation sites (N-methyl/N-ethyl adjacent to an activating group) is 1. The number of benzene rings is 2. The zero-order valence-electron chi connectivity index (χ0n) is 11.1. The standard InChI is InChI=1S/C16H15BrFNO/c1-19-8-7-10-9-11(5-6-14(10)19)16(20)12-3-2-4-13(17)15(12)18/h2-6,9,16,20H,7-8H2,1H3. The molecule has 3 rings (SSSR count). The Hall–Kier alpha value is -1.39. The first-order valence-electron chi connectivity index (χ1n) is 6.54. The fourth-order valence-electron chi connectivity index (χ4n) is 2.67. The van der Waals surface area contributed by atoms with E-state index in [2.05, 4.69) is 27.9 Å². The van der Waals surface area contributed by atoms with Gasteiger partial charge in [-0.25, -0.2) is 4.39 Å². The normalized spacial score (nSPS) is 15.3. The zero-order valence-corrected chi connectivity index (χ0v) is 12.7. The van der Waals surface area contributed by atoms with Crippen molar-refractivity contribution in [3.05, 3.63) is 63.4 Å². The maximum Gasteiger partial charge on any atom is 0.143 e. The highest BCUT2D eigenvalue weighted by Gasteiger charge is 2.20. The van der Waals surface area contributed by atoms with Crippen molar-refractivity contribution in [1.82, 2.24) is 0 Å². The molecule has 2 aromatic rings. The third kappa shape index (κ3) is 2.23. The van der Waals surface area contributed by atoms with Gasteiger partial charge in [-0.15, -0.1) is 0 Å². The van der Waals surface area contributed by atoms with Crippen LogP contribution in [0.2, 0.25) is 0 Å². The van der Waals surface area contributed by atoms with Crippen molar-refractivity contribution in [3.8, 4) is 0 Å². The molecule has 0 amide bonds. The highest BCUT2D eigenvalue weighted by molar-refractivity contribution is 9.10. The van der Waals surface area contributed by atoms with Gasteiger partial charge in [0.25, 0.3) is 0 Å². The molecule has 104 valence electrons. The predicted molar refractivity (Wildman–Crippen MR) is 81.6 cm³/mol. The number of nitrogens with zero attached hydrogens (tertiary/aromatic N) is 1. The van der Waals surface area contributed by atoms with Crippen molar-refractivity contribution in [2.24, 2.45) is 0 Å². The third-order valence-corrected chi connectivity index (χ3v) is 4.44. The monoisotopic (exact) mass is 335 g/mol. The van der Waals surface area contributed by atoms with Gasteiger partial charge in [-0.2, -0.15) is 0 Å². The molecular weight excluding hydrogens is 321 g/mol. The van der Waals surface area contributed by atoms with Crippen molar-refractivity contribution in [2.45, 2.75) is 12.5 Å². The van der Waals surface area contributed by atoms with E-state index >= 15 is 0 Å². The summed E-state index contributed by atoms with van der Waals surface area (Å²) in [6.07, 6.45) is 0.0246. The molecule has 1 heterocycles. The fourth-order valence-corrected chi connectivity index (χ4v) is 3.05. The van der Waals surface area contributed by atoms with Crippen molar-refractivity contribution in [3.63, 3.8) is 0 Å². The molecule has 0 bridgehead atoms. The minimum Gasteiger partial charge on any atom is -0.384 e. The SMILES string of the molecule is CN1CCc2cc(C(O)c3cccc(Br)c3F)ccc21. The molecule has 1 aliphatic rings. The van der Waals surface area contributed by atoms with Crippen LogP contribution in [0.25, 0.3) is 0 Å². The smallest absolute Gasteiger partial charge is 0.143 e. The average Bonchev–Trinajstić information content (AvgIpc) is 2.82. The first-order valence-corrected chi connectivity index (χ1v) is 7.33. The zero-order chi connectivity index (χ0) is 14.3. The molecular formula is C16H15BrFNO. The maximum atomic E-state index is 14.1. The van der Waals surface area contributed by atoms with Crippen molar-refractivity contribution in [2.75, 3.05) is 18.5 Å². The topological polar surface area (TPSA) is 23.5 Å². The van der Waals surface area contributed by atoms with E-state index < -0.39 is 11.9 Å². The van der Waals surface area contributed by atoms with Gasteiger partial charge in [0, 0.05) is 24.8 Å². The molecule has 20 heavy (non-hydrogen) atoms. The minimum atomic E-state index is -0.941. The second-order valence-corrected chi connectivity index (χ2v) is 5.96. The number of halogens is 2.